The molecule has 0 unspecified atom stereocenters. The second-order valence-electron chi connectivity index (χ2n) is 5.54. The maximum absolute atomic E-state index is 10.2. The molecule has 4 heteroatoms. The Morgan fingerprint density at radius 2 is 1.38 bits per heavy atom. The maximum Gasteiger partial charge on any atom is 0.128 e. The zero-order chi connectivity index (χ0) is 17.1. The molecule has 0 aliphatic heterocycles. The van der Waals surface area contributed by atoms with E-state index in [9.17, 15) is 15.3 Å². The van der Waals surface area contributed by atoms with Gasteiger partial charge in [0.1, 0.15) is 17.2 Å². The second-order valence-corrected chi connectivity index (χ2v) is 5.54. The highest BCUT2D eigenvalue weighted by Gasteiger charge is 2.13. The third kappa shape index (κ3) is 3.38. The summed E-state index contributed by atoms with van der Waals surface area (Å²) < 4.78 is 0. The molecule has 0 aromatic heterocycles. The predicted molar refractivity (Wildman–Crippen MR) is 94.4 cm³/mol. The molecule has 0 saturated heterocycles. The minimum atomic E-state index is -0.0612. The van der Waals surface area contributed by atoms with E-state index in [-0.39, 0.29) is 17.2 Å². The van der Waals surface area contributed by atoms with Crippen molar-refractivity contribution in [2.24, 2.45) is 4.99 Å². The first-order valence-electron chi connectivity index (χ1n) is 7.50. The lowest BCUT2D eigenvalue weighted by Crippen LogP contribution is -2.03. The Morgan fingerprint density at radius 3 is 2.00 bits per heavy atom. The molecule has 4 nitrogen and oxygen atoms in total. The lowest BCUT2D eigenvalue weighted by molar-refractivity contribution is 0.450. The Morgan fingerprint density at radius 1 is 0.750 bits per heavy atom. The van der Waals surface area contributed by atoms with Gasteiger partial charge in [-0.2, -0.15) is 0 Å². The number of rotatable bonds is 3. The van der Waals surface area contributed by atoms with Gasteiger partial charge in [0.05, 0.1) is 11.4 Å². The lowest BCUT2D eigenvalue weighted by atomic mass is 10.0. The molecule has 0 fully saturated rings. The summed E-state index contributed by atoms with van der Waals surface area (Å²) in [7, 11) is 0. The summed E-state index contributed by atoms with van der Waals surface area (Å²) in [5.41, 5.74) is 3.67. The van der Waals surface area contributed by atoms with Crippen molar-refractivity contribution >= 4 is 11.4 Å². The fourth-order valence-electron chi connectivity index (χ4n) is 2.37. The van der Waals surface area contributed by atoms with Crippen molar-refractivity contribution in [3.63, 3.8) is 0 Å². The molecule has 0 radical (unpaired) electrons. The number of aromatic hydroxyl groups is 3. The van der Waals surface area contributed by atoms with E-state index in [2.05, 4.69) is 4.99 Å². The molecule has 0 aliphatic rings. The van der Waals surface area contributed by atoms with Crippen LogP contribution in [-0.2, 0) is 0 Å². The number of phenols is 3. The smallest absolute Gasteiger partial charge is 0.128 e. The van der Waals surface area contributed by atoms with Gasteiger partial charge in [0.15, 0.2) is 0 Å². The van der Waals surface area contributed by atoms with Gasteiger partial charge < -0.3 is 15.3 Å². The van der Waals surface area contributed by atoms with Crippen molar-refractivity contribution < 1.29 is 15.3 Å². The Balaban J connectivity index is 2.16. The number of aryl methyl sites for hydroxylation is 1. The zero-order valence-corrected chi connectivity index (χ0v) is 13.1. The van der Waals surface area contributed by atoms with Gasteiger partial charge in [-0.15, -0.1) is 0 Å². The van der Waals surface area contributed by atoms with Crippen LogP contribution in [0.4, 0.5) is 5.69 Å². The number of phenolic OH excluding ortho intramolecular Hbond substituents is 3. The largest absolute Gasteiger partial charge is 0.508 e. The summed E-state index contributed by atoms with van der Waals surface area (Å²) in [4.78, 5) is 4.65. The monoisotopic (exact) mass is 319 g/mol. The molecule has 0 aliphatic carbocycles. The quantitative estimate of drug-likeness (QED) is 0.631. The van der Waals surface area contributed by atoms with E-state index in [1.165, 1.54) is 12.1 Å². The Bertz CT molecular complexity index is 882. The van der Waals surface area contributed by atoms with Crippen LogP contribution < -0.4 is 0 Å². The van der Waals surface area contributed by atoms with Gasteiger partial charge in [-0.3, -0.25) is 0 Å². The van der Waals surface area contributed by atoms with Crippen molar-refractivity contribution in [3.05, 3.63) is 83.4 Å². The Kier molecular flexibility index (Phi) is 4.20. The Labute approximate surface area is 140 Å². The zero-order valence-electron chi connectivity index (χ0n) is 13.1. The van der Waals surface area contributed by atoms with Crippen LogP contribution in [0, 0.1) is 6.92 Å². The van der Waals surface area contributed by atoms with E-state index >= 15 is 0 Å². The summed E-state index contributed by atoms with van der Waals surface area (Å²) in [5.74, 6) is 0.0777. The molecule has 24 heavy (non-hydrogen) atoms. The molecular formula is C20H17NO3. The third-order valence-corrected chi connectivity index (χ3v) is 3.65. The summed E-state index contributed by atoms with van der Waals surface area (Å²) in [6.07, 6.45) is 0. The molecule has 3 aromatic carbocycles. The predicted octanol–water partition coefficient (Wildman–Crippen LogP) is 4.28. The summed E-state index contributed by atoms with van der Waals surface area (Å²) in [5, 5.41) is 29.2. The second kappa shape index (κ2) is 6.46. The molecular weight excluding hydrogens is 302 g/mol. The molecule has 0 atom stereocenters. The first-order chi connectivity index (χ1) is 11.5. The maximum atomic E-state index is 10.2. The van der Waals surface area contributed by atoms with Gasteiger partial charge in [-0.1, -0.05) is 17.7 Å². The fourth-order valence-corrected chi connectivity index (χ4v) is 2.37. The van der Waals surface area contributed by atoms with Crippen LogP contribution in [0.1, 0.15) is 16.7 Å². The number of hydrogen-bond acceptors (Lipinski definition) is 4. The van der Waals surface area contributed by atoms with Gasteiger partial charge in [0, 0.05) is 17.2 Å². The van der Waals surface area contributed by atoms with Gasteiger partial charge in [-0.05, 0) is 55.5 Å². The highest BCUT2D eigenvalue weighted by Crippen LogP contribution is 2.28. The summed E-state index contributed by atoms with van der Waals surface area (Å²) in [6.45, 7) is 2.00. The standard InChI is InChI=1S/C20H17NO3/c1-13-2-6-15(7-3-13)21-20(14-4-8-16(22)9-5-14)18-11-10-17(23)12-19(18)24/h2-12,22-24H,1H3. The molecule has 0 heterocycles. The van der Waals surface area contributed by atoms with Crippen LogP contribution in [0.3, 0.4) is 0 Å². The number of aliphatic imine (C=N–C) groups is 1. The highest BCUT2D eigenvalue weighted by molar-refractivity contribution is 6.15. The lowest BCUT2D eigenvalue weighted by Gasteiger charge is -2.10. The van der Waals surface area contributed by atoms with E-state index < -0.39 is 0 Å². The van der Waals surface area contributed by atoms with Crippen LogP contribution in [0.15, 0.2) is 71.7 Å². The van der Waals surface area contributed by atoms with Crippen molar-refractivity contribution in [2.75, 3.05) is 0 Å². The van der Waals surface area contributed by atoms with Gasteiger partial charge in [0.25, 0.3) is 0 Å². The minimum absolute atomic E-state index is 0.0170. The SMILES string of the molecule is Cc1ccc(N=C(c2ccc(O)cc2)c2ccc(O)cc2O)cc1. The van der Waals surface area contributed by atoms with Crippen LogP contribution in [0.25, 0.3) is 0 Å². The Hall–Kier alpha value is -3.27. The van der Waals surface area contributed by atoms with E-state index in [0.717, 1.165) is 16.8 Å². The van der Waals surface area contributed by atoms with Crippen LogP contribution in [-0.4, -0.2) is 21.0 Å². The first-order valence-corrected chi connectivity index (χ1v) is 7.50. The van der Waals surface area contributed by atoms with E-state index in [0.29, 0.717) is 11.3 Å². The molecule has 120 valence electrons. The van der Waals surface area contributed by atoms with Crippen LogP contribution in [0.5, 0.6) is 17.2 Å². The van der Waals surface area contributed by atoms with Gasteiger partial charge in [0.2, 0.25) is 0 Å². The number of nitrogens with zero attached hydrogens (tertiary/aromatic N) is 1. The molecule has 0 spiro atoms. The fraction of sp³-hybridized carbons (Fsp3) is 0.0500. The molecule has 0 saturated carbocycles. The highest BCUT2D eigenvalue weighted by atomic mass is 16.3. The normalized spacial score (nSPS) is 11.5. The molecule has 3 aromatic rings. The minimum Gasteiger partial charge on any atom is -0.508 e. The van der Waals surface area contributed by atoms with E-state index in [1.807, 2.05) is 31.2 Å². The van der Waals surface area contributed by atoms with Crippen molar-refractivity contribution in [2.45, 2.75) is 6.92 Å². The topological polar surface area (TPSA) is 73.1 Å². The van der Waals surface area contributed by atoms with Crippen LogP contribution >= 0.6 is 0 Å². The van der Waals surface area contributed by atoms with Gasteiger partial charge in [-0.25, -0.2) is 4.99 Å². The average molecular weight is 319 g/mol. The third-order valence-electron chi connectivity index (χ3n) is 3.65. The van der Waals surface area contributed by atoms with E-state index in [4.69, 9.17) is 0 Å². The van der Waals surface area contributed by atoms with Crippen molar-refractivity contribution in [1.82, 2.24) is 0 Å². The van der Waals surface area contributed by atoms with Crippen molar-refractivity contribution in [1.29, 1.82) is 0 Å². The molecule has 0 amide bonds. The molecule has 3 rings (SSSR count). The number of benzene rings is 3. The molecule has 0 bridgehead atoms. The van der Waals surface area contributed by atoms with E-state index in [1.54, 1.807) is 30.3 Å². The average Bonchev–Trinajstić information content (AvgIpc) is 2.56. The molecule has 3 N–H and O–H groups in total. The number of hydrogen-bond donors (Lipinski definition) is 3. The van der Waals surface area contributed by atoms with Crippen LogP contribution in [0.2, 0.25) is 0 Å². The first kappa shape index (κ1) is 15.6. The van der Waals surface area contributed by atoms with Gasteiger partial charge >= 0.3 is 0 Å². The summed E-state index contributed by atoms with van der Waals surface area (Å²) >= 11 is 0. The van der Waals surface area contributed by atoms with Crippen molar-refractivity contribution in [3.8, 4) is 17.2 Å². The summed E-state index contributed by atoms with van der Waals surface area (Å²) in [6, 6.07) is 18.7.